The molecule has 0 bridgehead atoms. The van der Waals surface area contributed by atoms with Gasteiger partial charge in [0, 0.05) is 5.56 Å². The standard InChI is InChI=1S/C24H16ClF2NO3S2/c1-30-20-10-9-14(11-21(20)31-13-15-16(25)5-4-7-17(15)26)12-22-23(29)28(24(32)33-22)19-8-3-2-6-18(19)27/h2-12H,13H2,1H3/b22-12-. The predicted molar refractivity (Wildman–Crippen MR) is 131 cm³/mol. The molecule has 4 rings (SSSR count). The van der Waals surface area contributed by atoms with Gasteiger partial charge in [0.1, 0.15) is 18.2 Å². The third-order valence-corrected chi connectivity index (χ3v) is 6.46. The maximum atomic E-state index is 14.2. The van der Waals surface area contributed by atoms with Gasteiger partial charge in [-0.05, 0) is 48.0 Å². The topological polar surface area (TPSA) is 38.8 Å². The number of ether oxygens (including phenoxy) is 2. The number of anilines is 1. The highest BCUT2D eigenvalue weighted by molar-refractivity contribution is 8.27. The number of amides is 1. The lowest BCUT2D eigenvalue weighted by molar-refractivity contribution is -0.113. The molecule has 1 aliphatic rings. The van der Waals surface area contributed by atoms with E-state index in [1.54, 1.807) is 42.5 Å². The average Bonchev–Trinajstić information content (AvgIpc) is 3.06. The molecule has 1 amide bonds. The molecule has 1 aliphatic heterocycles. The highest BCUT2D eigenvalue weighted by Crippen LogP contribution is 2.38. The lowest BCUT2D eigenvalue weighted by atomic mass is 10.1. The molecule has 1 fully saturated rings. The Morgan fingerprint density at radius 3 is 2.55 bits per heavy atom. The Kier molecular flexibility index (Phi) is 6.97. The lowest BCUT2D eigenvalue weighted by Gasteiger charge is -2.15. The van der Waals surface area contributed by atoms with Gasteiger partial charge in [0.15, 0.2) is 15.8 Å². The molecule has 0 unspecified atom stereocenters. The van der Waals surface area contributed by atoms with Crippen LogP contribution >= 0.6 is 35.6 Å². The third-order valence-electron chi connectivity index (χ3n) is 4.81. The Balaban J connectivity index is 1.60. The first kappa shape index (κ1) is 23.2. The molecule has 9 heteroatoms. The van der Waals surface area contributed by atoms with E-state index in [0.29, 0.717) is 22.0 Å². The van der Waals surface area contributed by atoms with Crippen LogP contribution in [0, 0.1) is 11.6 Å². The zero-order chi connectivity index (χ0) is 23.5. The monoisotopic (exact) mass is 503 g/mol. The Labute approximate surface area is 203 Å². The molecule has 0 atom stereocenters. The van der Waals surface area contributed by atoms with E-state index in [4.69, 9.17) is 33.3 Å². The number of halogens is 3. The van der Waals surface area contributed by atoms with Crippen molar-refractivity contribution in [3.05, 3.63) is 93.4 Å². The molecule has 33 heavy (non-hydrogen) atoms. The average molecular weight is 504 g/mol. The van der Waals surface area contributed by atoms with Crippen LogP contribution in [0.25, 0.3) is 6.08 Å². The minimum absolute atomic E-state index is 0.101. The fraction of sp³-hybridized carbons (Fsp3) is 0.0833. The van der Waals surface area contributed by atoms with E-state index in [-0.39, 0.29) is 27.2 Å². The van der Waals surface area contributed by atoms with Gasteiger partial charge < -0.3 is 9.47 Å². The summed E-state index contributed by atoms with van der Waals surface area (Å²) >= 11 is 12.5. The normalized spacial score (nSPS) is 14.8. The molecule has 0 radical (unpaired) electrons. The van der Waals surface area contributed by atoms with Crippen molar-refractivity contribution in [3.8, 4) is 11.5 Å². The molecule has 0 spiro atoms. The van der Waals surface area contributed by atoms with Gasteiger partial charge >= 0.3 is 0 Å². The maximum absolute atomic E-state index is 14.2. The van der Waals surface area contributed by atoms with Crippen LogP contribution in [0.5, 0.6) is 11.5 Å². The van der Waals surface area contributed by atoms with Crippen molar-refractivity contribution in [1.82, 2.24) is 0 Å². The van der Waals surface area contributed by atoms with Gasteiger partial charge in [-0.1, -0.05) is 59.8 Å². The van der Waals surface area contributed by atoms with Gasteiger partial charge in [-0.15, -0.1) is 0 Å². The van der Waals surface area contributed by atoms with E-state index < -0.39 is 17.5 Å². The van der Waals surface area contributed by atoms with Gasteiger partial charge in [-0.25, -0.2) is 8.78 Å². The summed E-state index contributed by atoms with van der Waals surface area (Å²) < 4.78 is 39.6. The summed E-state index contributed by atoms with van der Waals surface area (Å²) in [6.45, 7) is -0.110. The largest absolute Gasteiger partial charge is 0.493 e. The molecule has 0 N–H and O–H groups in total. The Hall–Kier alpha value is -2.94. The first-order valence-corrected chi connectivity index (χ1v) is 11.3. The van der Waals surface area contributed by atoms with Crippen LogP contribution in [-0.4, -0.2) is 17.3 Å². The second-order valence-corrected chi connectivity index (χ2v) is 8.95. The summed E-state index contributed by atoms with van der Waals surface area (Å²) in [5.41, 5.74) is 0.945. The molecule has 1 saturated heterocycles. The number of thiocarbonyl (C=S) groups is 1. The second-order valence-electron chi connectivity index (χ2n) is 6.87. The Morgan fingerprint density at radius 1 is 1.06 bits per heavy atom. The Morgan fingerprint density at radius 2 is 1.82 bits per heavy atom. The SMILES string of the molecule is COc1ccc(/C=C2\SC(=S)N(c3ccccc3F)C2=O)cc1OCc1c(F)cccc1Cl. The van der Waals surface area contributed by atoms with Crippen LogP contribution in [0.1, 0.15) is 11.1 Å². The van der Waals surface area contributed by atoms with Gasteiger partial charge in [-0.2, -0.15) is 0 Å². The molecular weight excluding hydrogens is 488 g/mol. The van der Waals surface area contributed by atoms with Crippen molar-refractivity contribution >= 4 is 57.6 Å². The Bertz CT molecular complexity index is 1260. The quantitative estimate of drug-likeness (QED) is 0.279. The fourth-order valence-electron chi connectivity index (χ4n) is 3.18. The molecule has 168 valence electrons. The van der Waals surface area contributed by atoms with E-state index in [0.717, 1.165) is 11.8 Å². The number of nitrogens with zero attached hydrogens (tertiary/aromatic N) is 1. The van der Waals surface area contributed by atoms with Crippen molar-refractivity contribution in [1.29, 1.82) is 0 Å². The minimum Gasteiger partial charge on any atom is -0.493 e. The molecule has 3 aromatic carbocycles. The number of para-hydroxylation sites is 1. The summed E-state index contributed by atoms with van der Waals surface area (Å²) in [5, 5.41) is 0.252. The van der Waals surface area contributed by atoms with Crippen LogP contribution in [0.3, 0.4) is 0 Å². The number of hydrogen-bond donors (Lipinski definition) is 0. The van der Waals surface area contributed by atoms with E-state index >= 15 is 0 Å². The van der Waals surface area contributed by atoms with Crippen molar-refractivity contribution in [2.75, 3.05) is 12.0 Å². The van der Waals surface area contributed by atoms with Crippen LogP contribution in [0.2, 0.25) is 5.02 Å². The van der Waals surface area contributed by atoms with E-state index in [1.807, 2.05) is 0 Å². The number of benzene rings is 3. The van der Waals surface area contributed by atoms with Crippen molar-refractivity contribution in [2.45, 2.75) is 6.61 Å². The summed E-state index contributed by atoms with van der Waals surface area (Å²) in [4.78, 5) is 14.4. The smallest absolute Gasteiger partial charge is 0.270 e. The molecule has 3 aromatic rings. The highest BCUT2D eigenvalue weighted by Gasteiger charge is 2.34. The zero-order valence-corrected chi connectivity index (χ0v) is 19.6. The number of rotatable bonds is 6. The van der Waals surface area contributed by atoms with Gasteiger partial charge in [0.05, 0.1) is 22.7 Å². The molecule has 4 nitrogen and oxygen atoms in total. The molecule has 0 aliphatic carbocycles. The summed E-state index contributed by atoms with van der Waals surface area (Å²) in [7, 11) is 1.48. The minimum atomic E-state index is -0.540. The zero-order valence-electron chi connectivity index (χ0n) is 17.2. The predicted octanol–water partition coefficient (Wildman–Crippen LogP) is 6.61. The maximum Gasteiger partial charge on any atom is 0.270 e. The van der Waals surface area contributed by atoms with E-state index in [2.05, 4.69) is 0 Å². The number of hydrogen-bond acceptors (Lipinski definition) is 5. The first-order chi connectivity index (χ1) is 15.9. The summed E-state index contributed by atoms with van der Waals surface area (Å²) in [6.07, 6.45) is 1.63. The number of thioether (sulfide) groups is 1. The third kappa shape index (κ3) is 4.88. The molecule has 1 heterocycles. The molecular formula is C24H16ClF2NO3S2. The lowest BCUT2D eigenvalue weighted by Crippen LogP contribution is -2.28. The summed E-state index contributed by atoms with van der Waals surface area (Å²) in [5.74, 6) is -0.670. The van der Waals surface area contributed by atoms with Crippen LogP contribution in [-0.2, 0) is 11.4 Å². The van der Waals surface area contributed by atoms with Gasteiger partial charge in [-0.3, -0.25) is 9.69 Å². The summed E-state index contributed by atoms with van der Waals surface area (Å²) in [6, 6.07) is 15.4. The van der Waals surface area contributed by atoms with E-state index in [1.165, 1.54) is 36.3 Å². The van der Waals surface area contributed by atoms with E-state index in [9.17, 15) is 13.6 Å². The van der Waals surface area contributed by atoms with Crippen molar-refractivity contribution in [2.24, 2.45) is 0 Å². The number of carbonyl (C=O) groups is 1. The van der Waals surface area contributed by atoms with Crippen molar-refractivity contribution < 1.29 is 23.0 Å². The fourth-order valence-corrected chi connectivity index (χ4v) is 4.68. The van der Waals surface area contributed by atoms with Crippen LogP contribution < -0.4 is 14.4 Å². The van der Waals surface area contributed by atoms with Gasteiger partial charge in [0.25, 0.3) is 5.91 Å². The van der Waals surface area contributed by atoms with Gasteiger partial charge in [0.2, 0.25) is 0 Å². The highest BCUT2D eigenvalue weighted by atomic mass is 35.5. The second kappa shape index (κ2) is 9.91. The van der Waals surface area contributed by atoms with Crippen molar-refractivity contribution in [3.63, 3.8) is 0 Å². The van der Waals surface area contributed by atoms with Crippen LogP contribution in [0.15, 0.2) is 65.6 Å². The number of methoxy groups -OCH3 is 1. The molecule has 0 saturated carbocycles. The number of carbonyl (C=O) groups excluding carboxylic acids is 1. The van der Waals surface area contributed by atoms with Crippen LogP contribution in [0.4, 0.5) is 14.5 Å². The first-order valence-electron chi connectivity index (χ1n) is 9.65. The molecule has 0 aromatic heterocycles.